The second kappa shape index (κ2) is 7.41. The monoisotopic (exact) mass is 300 g/mol. The molecule has 108 valence electrons. The van der Waals surface area contributed by atoms with Crippen molar-refractivity contribution in [3.05, 3.63) is 28.8 Å². The molecule has 1 aromatic carbocycles. The highest BCUT2D eigenvalue weighted by Gasteiger charge is 2.12. The Kier molecular flexibility index (Phi) is 6.51. The largest absolute Gasteiger partial charge is 0.373 e. The summed E-state index contributed by atoms with van der Waals surface area (Å²) in [4.78, 5) is 2.28. The van der Waals surface area contributed by atoms with Crippen LogP contribution in [-0.4, -0.2) is 31.1 Å². The van der Waals surface area contributed by atoms with Crippen molar-refractivity contribution in [2.75, 3.05) is 30.5 Å². The van der Waals surface area contributed by atoms with Gasteiger partial charge >= 0.3 is 0 Å². The molecule has 1 N–H and O–H groups in total. The molecule has 0 radical (unpaired) electrons. The van der Waals surface area contributed by atoms with Gasteiger partial charge in [0.1, 0.15) is 0 Å². The maximum absolute atomic E-state index is 6.13. The molecule has 19 heavy (non-hydrogen) atoms. The molecular formula is C15H25ClN2S. The quantitative estimate of drug-likeness (QED) is 0.854. The molecule has 0 saturated carbocycles. The molecule has 4 heteroatoms. The summed E-state index contributed by atoms with van der Waals surface area (Å²) in [6.07, 6.45) is 2.13. The second-order valence-electron chi connectivity index (χ2n) is 5.79. The minimum absolute atomic E-state index is 0.120. The summed E-state index contributed by atoms with van der Waals surface area (Å²) in [5.74, 6) is 1.12. The van der Waals surface area contributed by atoms with Gasteiger partial charge < -0.3 is 10.2 Å². The lowest BCUT2D eigenvalue weighted by atomic mass is 10.1. The minimum Gasteiger partial charge on any atom is -0.373 e. The van der Waals surface area contributed by atoms with Crippen LogP contribution in [0.4, 0.5) is 5.69 Å². The van der Waals surface area contributed by atoms with Crippen LogP contribution in [0, 0.1) is 0 Å². The lowest BCUT2D eigenvalue weighted by Crippen LogP contribution is -2.35. The highest BCUT2D eigenvalue weighted by atomic mass is 35.5. The summed E-state index contributed by atoms with van der Waals surface area (Å²) < 4.78 is 0. The SMILES string of the molecule is CSCCN(C)c1cc(Cl)ccc1CNC(C)(C)C. The first-order chi connectivity index (χ1) is 8.83. The highest BCUT2D eigenvalue weighted by molar-refractivity contribution is 7.98. The number of hydrogen-bond acceptors (Lipinski definition) is 3. The van der Waals surface area contributed by atoms with Crippen LogP contribution in [0.2, 0.25) is 5.02 Å². The smallest absolute Gasteiger partial charge is 0.0426 e. The van der Waals surface area contributed by atoms with Crippen LogP contribution in [-0.2, 0) is 6.54 Å². The molecule has 2 nitrogen and oxygen atoms in total. The number of nitrogens with one attached hydrogen (secondary N) is 1. The molecular weight excluding hydrogens is 276 g/mol. The summed E-state index contributed by atoms with van der Waals surface area (Å²) in [7, 11) is 2.13. The van der Waals surface area contributed by atoms with E-state index in [1.165, 1.54) is 11.3 Å². The van der Waals surface area contributed by atoms with E-state index in [9.17, 15) is 0 Å². The van der Waals surface area contributed by atoms with Crippen LogP contribution in [0.5, 0.6) is 0 Å². The van der Waals surface area contributed by atoms with Crippen LogP contribution in [0.1, 0.15) is 26.3 Å². The van der Waals surface area contributed by atoms with Crippen molar-refractivity contribution in [1.29, 1.82) is 0 Å². The number of halogens is 1. The predicted octanol–water partition coefficient (Wildman–Crippen LogP) is 4.03. The van der Waals surface area contributed by atoms with Gasteiger partial charge in [0.15, 0.2) is 0 Å². The molecule has 1 aromatic rings. The third-order valence-corrected chi connectivity index (χ3v) is 3.72. The number of thioether (sulfide) groups is 1. The minimum atomic E-state index is 0.120. The summed E-state index contributed by atoms with van der Waals surface area (Å²) in [6.45, 7) is 8.43. The zero-order chi connectivity index (χ0) is 14.5. The fourth-order valence-corrected chi connectivity index (χ4v) is 2.37. The van der Waals surface area contributed by atoms with Gasteiger partial charge in [0, 0.05) is 42.1 Å². The van der Waals surface area contributed by atoms with Gasteiger partial charge in [-0.2, -0.15) is 11.8 Å². The Balaban J connectivity index is 2.85. The lowest BCUT2D eigenvalue weighted by molar-refractivity contribution is 0.424. The molecule has 0 fully saturated rings. The first-order valence-electron chi connectivity index (χ1n) is 6.57. The molecule has 0 spiro atoms. The van der Waals surface area contributed by atoms with Gasteiger partial charge in [0.25, 0.3) is 0 Å². The van der Waals surface area contributed by atoms with Gasteiger partial charge in [-0.15, -0.1) is 0 Å². The normalized spacial score (nSPS) is 11.7. The van der Waals surface area contributed by atoms with Crippen LogP contribution in [0.25, 0.3) is 0 Å². The van der Waals surface area contributed by atoms with Crippen LogP contribution < -0.4 is 10.2 Å². The number of benzene rings is 1. The zero-order valence-corrected chi connectivity index (χ0v) is 14.2. The van der Waals surface area contributed by atoms with E-state index in [1.54, 1.807) is 0 Å². The van der Waals surface area contributed by atoms with Gasteiger partial charge in [-0.05, 0) is 44.7 Å². The Labute approximate surface area is 126 Å². The number of anilines is 1. The van der Waals surface area contributed by atoms with E-state index in [1.807, 2.05) is 17.8 Å². The number of rotatable bonds is 6. The molecule has 0 aliphatic heterocycles. The Bertz CT molecular complexity index is 402. The van der Waals surface area contributed by atoms with E-state index in [0.29, 0.717) is 0 Å². The van der Waals surface area contributed by atoms with Crippen LogP contribution in [0.3, 0.4) is 0 Å². The van der Waals surface area contributed by atoms with E-state index in [-0.39, 0.29) is 5.54 Å². The predicted molar refractivity (Wildman–Crippen MR) is 89.7 cm³/mol. The Morgan fingerprint density at radius 2 is 2.00 bits per heavy atom. The molecule has 0 heterocycles. The van der Waals surface area contributed by atoms with Crippen LogP contribution in [0.15, 0.2) is 18.2 Å². The first-order valence-corrected chi connectivity index (χ1v) is 8.34. The maximum Gasteiger partial charge on any atom is 0.0426 e. The van der Waals surface area contributed by atoms with Crippen LogP contribution >= 0.6 is 23.4 Å². The fourth-order valence-electron chi connectivity index (χ4n) is 1.75. The van der Waals surface area contributed by atoms with E-state index < -0.39 is 0 Å². The van der Waals surface area contributed by atoms with Crippen molar-refractivity contribution in [3.8, 4) is 0 Å². The standard InChI is InChI=1S/C15H25ClN2S/c1-15(2,3)17-11-12-6-7-13(16)10-14(12)18(4)8-9-19-5/h6-7,10,17H,8-9,11H2,1-5H3. The van der Waals surface area contributed by atoms with E-state index in [4.69, 9.17) is 11.6 Å². The molecule has 0 aliphatic rings. The first kappa shape index (κ1) is 16.7. The van der Waals surface area contributed by atoms with E-state index >= 15 is 0 Å². The zero-order valence-electron chi connectivity index (χ0n) is 12.6. The van der Waals surface area contributed by atoms with Gasteiger partial charge in [0.2, 0.25) is 0 Å². The van der Waals surface area contributed by atoms with Gasteiger partial charge in [0.05, 0.1) is 0 Å². The molecule has 0 amide bonds. The summed E-state index contributed by atoms with van der Waals surface area (Å²) in [5, 5.41) is 4.33. The van der Waals surface area contributed by atoms with Crippen molar-refractivity contribution < 1.29 is 0 Å². The average molecular weight is 301 g/mol. The second-order valence-corrected chi connectivity index (χ2v) is 7.21. The van der Waals surface area contributed by atoms with Crippen molar-refractivity contribution in [2.45, 2.75) is 32.9 Å². The van der Waals surface area contributed by atoms with Crippen molar-refractivity contribution >= 4 is 29.1 Å². The lowest BCUT2D eigenvalue weighted by Gasteiger charge is -2.25. The Morgan fingerprint density at radius 3 is 2.58 bits per heavy atom. The number of nitrogens with zero attached hydrogens (tertiary/aromatic N) is 1. The maximum atomic E-state index is 6.13. The number of hydrogen-bond donors (Lipinski definition) is 1. The molecule has 0 atom stereocenters. The summed E-state index contributed by atoms with van der Waals surface area (Å²) in [5.41, 5.74) is 2.63. The third kappa shape index (κ3) is 6.07. The van der Waals surface area contributed by atoms with Gasteiger partial charge in [-0.3, -0.25) is 0 Å². The molecule has 1 rings (SSSR count). The molecule has 0 bridgehead atoms. The van der Waals surface area contributed by atoms with E-state index in [0.717, 1.165) is 23.9 Å². The Morgan fingerprint density at radius 1 is 1.32 bits per heavy atom. The van der Waals surface area contributed by atoms with E-state index in [2.05, 4.69) is 56.4 Å². The van der Waals surface area contributed by atoms with Gasteiger partial charge in [-0.1, -0.05) is 17.7 Å². The molecule has 0 saturated heterocycles. The fraction of sp³-hybridized carbons (Fsp3) is 0.600. The highest BCUT2D eigenvalue weighted by Crippen LogP contribution is 2.24. The van der Waals surface area contributed by atoms with Crippen molar-refractivity contribution in [2.24, 2.45) is 0 Å². The van der Waals surface area contributed by atoms with Crippen molar-refractivity contribution in [3.63, 3.8) is 0 Å². The summed E-state index contributed by atoms with van der Waals surface area (Å²) in [6, 6.07) is 6.14. The molecule has 0 unspecified atom stereocenters. The topological polar surface area (TPSA) is 15.3 Å². The average Bonchev–Trinajstić information content (AvgIpc) is 2.33. The third-order valence-electron chi connectivity index (χ3n) is 2.90. The molecule has 0 aromatic heterocycles. The van der Waals surface area contributed by atoms with Crippen molar-refractivity contribution in [1.82, 2.24) is 5.32 Å². The Hall–Kier alpha value is -0.380. The van der Waals surface area contributed by atoms with Gasteiger partial charge in [-0.25, -0.2) is 0 Å². The molecule has 0 aliphatic carbocycles. The summed E-state index contributed by atoms with van der Waals surface area (Å²) >= 11 is 7.99.